The second-order valence-corrected chi connectivity index (χ2v) is 10.9. The van der Waals surface area contributed by atoms with E-state index in [1.54, 1.807) is 42.5 Å². The molecule has 1 aliphatic carbocycles. The molecule has 0 heterocycles. The van der Waals surface area contributed by atoms with Gasteiger partial charge in [0.15, 0.2) is 5.84 Å². The summed E-state index contributed by atoms with van der Waals surface area (Å²) in [5.41, 5.74) is 1.76. The van der Waals surface area contributed by atoms with Crippen LogP contribution >= 0.6 is 63.7 Å². The Labute approximate surface area is 207 Å². The molecule has 2 aromatic rings. The van der Waals surface area contributed by atoms with Gasteiger partial charge in [-0.05, 0) is 82.8 Å². The van der Waals surface area contributed by atoms with Crippen molar-refractivity contribution in [2.75, 3.05) is 0 Å². The lowest BCUT2D eigenvalue weighted by Gasteiger charge is -2.15. The van der Waals surface area contributed by atoms with Crippen molar-refractivity contribution in [3.63, 3.8) is 0 Å². The van der Waals surface area contributed by atoms with E-state index in [2.05, 4.69) is 73.1 Å². The molecule has 0 bridgehead atoms. The molecule has 2 aromatic carbocycles. The standard InChI is InChI=1S/C20H12Br4N2O3S/c1-11-7-9-13(10-8-11)30(28,29)26-20(12-5-3-2-4-6-12)25-18-14(21)16(23)19(27)17(24)15(18)22/h2-10H,1H3. The molecule has 30 heavy (non-hydrogen) atoms. The smallest absolute Gasteiger partial charge is 0.284 e. The van der Waals surface area contributed by atoms with Gasteiger partial charge in [-0.15, -0.1) is 4.40 Å². The van der Waals surface area contributed by atoms with Crippen molar-refractivity contribution in [3.8, 4) is 0 Å². The van der Waals surface area contributed by atoms with E-state index in [9.17, 15) is 13.2 Å². The highest BCUT2D eigenvalue weighted by molar-refractivity contribution is 9.16. The Morgan fingerprint density at radius 2 is 1.33 bits per heavy atom. The van der Waals surface area contributed by atoms with Gasteiger partial charge in [-0.25, -0.2) is 4.99 Å². The van der Waals surface area contributed by atoms with Crippen LogP contribution in [0.2, 0.25) is 0 Å². The summed E-state index contributed by atoms with van der Waals surface area (Å²) in [6, 6.07) is 15.2. The van der Waals surface area contributed by atoms with E-state index in [0.29, 0.717) is 20.2 Å². The molecule has 0 N–H and O–H groups in total. The van der Waals surface area contributed by atoms with Gasteiger partial charge in [-0.1, -0.05) is 48.0 Å². The number of halogens is 4. The maximum atomic E-state index is 12.9. The Balaban J connectivity index is 2.23. The number of rotatable bonds is 3. The summed E-state index contributed by atoms with van der Waals surface area (Å²) in [6.45, 7) is 1.87. The monoisotopic (exact) mass is 676 g/mol. The molecule has 0 fully saturated rings. The van der Waals surface area contributed by atoms with Gasteiger partial charge in [0.1, 0.15) is 0 Å². The molecule has 0 spiro atoms. The SMILES string of the molecule is Cc1ccc(S(=O)(=O)N=C(N=C2C(Br)=C(Br)C(=O)C(Br)=C2Br)c2ccccc2)cc1. The van der Waals surface area contributed by atoms with E-state index in [-0.39, 0.29) is 25.5 Å². The van der Waals surface area contributed by atoms with Crippen LogP contribution in [0.25, 0.3) is 0 Å². The zero-order valence-electron chi connectivity index (χ0n) is 15.2. The lowest BCUT2D eigenvalue weighted by molar-refractivity contribution is -0.110. The zero-order chi connectivity index (χ0) is 22.1. The second-order valence-electron chi connectivity index (χ2n) is 6.11. The van der Waals surface area contributed by atoms with Crippen molar-refractivity contribution in [3.05, 3.63) is 83.7 Å². The average molecular weight is 680 g/mol. The number of benzene rings is 2. The van der Waals surface area contributed by atoms with E-state index < -0.39 is 10.0 Å². The van der Waals surface area contributed by atoms with Gasteiger partial charge < -0.3 is 0 Å². The molecule has 0 saturated heterocycles. The molecule has 5 nitrogen and oxygen atoms in total. The third-order valence-electron chi connectivity index (χ3n) is 3.98. The molecular formula is C20H12Br4N2O3S. The summed E-state index contributed by atoms with van der Waals surface area (Å²) in [4.78, 5) is 16.8. The second kappa shape index (κ2) is 9.52. The number of amidine groups is 1. The lowest BCUT2D eigenvalue weighted by Crippen LogP contribution is -2.17. The van der Waals surface area contributed by atoms with Gasteiger partial charge in [0.05, 0.1) is 28.5 Å². The van der Waals surface area contributed by atoms with E-state index in [1.165, 1.54) is 12.1 Å². The maximum absolute atomic E-state index is 12.9. The number of allylic oxidation sites excluding steroid dienone is 4. The van der Waals surface area contributed by atoms with Crippen molar-refractivity contribution in [2.24, 2.45) is 9.39 Å². The van der Waals surface area contributed by atoms with Crippen molar-refractivity contribution >= 4 is 91.1 Å². The molecule has 154 valence electrons. The van der Waals surface area contributed by atoms with Crippen LogP contribution in [-0.4, -0.2) is 25.7 Å². The zero-order valence-corrected chi connectivity index (χ0v) is 22.4. The minimum absolute atomic E-state index is 0.0185. The highest BCUT2D eigenvalue weighted by Crippen LogP contribution is 2.37. The third-order valence-corrected chi connectivity index (χ3v) is 9.38. The average Bonchev–Trinajstić information content (AvgIpc) is 2.74. The van der Waals surface area contributed by atoms with E-state index >= 15 is 0 Å². The number of sulfonamides is 1. The number of Topliss-reactive ketones (excluding diaryl/α,β-unsaturated/α-hetero) is 1. The first kappa shape index (κ1) is 23.5. The largest absolute Gasteiger partial charge is 0.287 e. The minimum atomic E-state index is -4.02. The summed E-state index contributed by atoms with van der Waals surface area (Å²) >= 11 is 13.2. The van der Waals surface area contributed by atoms with Gasteiger partial charge in [0.25, 0.3) is 10.0 Å². The molecule has 3 rings (SSSR count). The molecular weight excluding hydrogens is 668 g/mol. The normalized spacial score (nSPS) is 15.7. The molecule has 0 amide bonds. The summed E-state index contributed by atoms with van der Waals surface area (Å²) in [6.07, 6.45) is 0. The number of nitrogens with zero attached hydrogens (tertiary/aromatic N) is 2. The van der Waals surface area contributed by atoms with Crippen LogP contribution in [0.5, 0.6) is 0 Å². The first-order valence-electron chi connectivity index (χ1n) is 8.33. The van der Waals surface area contributed by atoms with E-state index in [1.807, 2.05) is 6.92 Å². The molecule has 0 aliphatic heterocycles. The van der Waals surface area contributed by atoms with Gasteiger partial charge in [0, 0.05) is 5.56 Å². The highest BCUT2D eigenvalue weighted by atomic mass is 79.9. The van der Waals surface area contributed by atoms with Crippen molar-refractivity contribution < 1.29 is 13.2 Å². The number of aliphatic imine (C=N–C) groups is 1. The fourth-order valence-electron chi connectivity index (χ4n) is 2.41. The predicted octanol–water partition coefficient (Wildman–Crippen LogP) is 6.16. The molecule has 0 saturated carbocycles. The van der Waals surface area contributed by atoms with Crippen LogP contribution < -0.4 is 0 Å². The van der Waals surface area contributed by atoms with Crippen LogP contribution in [-0.2, 0) is 14.8 Å². The highest BCUT2D eigenvalue weighted by Gasteiger charge is 2.29. The molecule has 0 unspecified atom stereocenters. The number of hydrogen-bond donors (Lipinski definition) is 0. The summed E-state index contributed by atoms with van der Waals surface area (Å²) in [5.74, 6) is -0.298. The fourth-order valence-corrected chi connectivity index (χ4v) is 5.60. The summed E-state index contributed by atoms with van der Waals surface area (Å²) in [7, 11) is -4.02. The van der Waals surface area contributed by atoms with Crippen molar-refractivity contribution in [1.29, 1.82) is 0 Å². The topological polar surface area (TPSA) is 75.9 Å². The maximum Gasteiger partial charge on any atom is 0.284 e. The molecule has 1 aliphatic rings. The summed E-state index contributed by atoms with van der Waals surface area (Å²) in [5, 5.41) is 0. The third kappa shape index (κ3) is 4.99. The first-order valence-corrected chi connectivity index (χ1v) is 12.9. The first-order chi connectivity index (χ1) is 14.1. The lowest BCUT2D eigenvalue weighted by atomic mass is 10.1. The number of hydrogen-bond acceptors (Lipinski definition) is 3. The summed E-state index contributed by atoms with van der Waals surface area (Å²) < 4.78 is 31.1. The number of carbonyl (C=O) groups is 1. The fraction of sp³-hybridized carbons (Fsp3) is 0.0500. The Morgan fingerprint density at radius 3 is 1.87 bits per heavy atom. The van der Waals surface area contributed by atoms with Crippen LogP contribution in [0.3, 0.4) is 0 Å². The number of carbonyl (C=O) groups excluding carboxylic acids is 1. The van der Waals surface area contributed by atoms with Crippen molar-refractivity contribution in [1.82, 2.24) is 0 Å². The molecule has 10 heteroatoms. The van der Waals surface area contributed by atoms with Gasteiger partial charge in [0.2, 0.25) is 5.78 Å². The molecule has 0 atom stereocenters. The Hall–Kier alpha value is -1.20. The van der Waals surface area contributed by atoms with Gasteiger partial charge in [-0.3, -0.25) is 4.79 Å². The molecule has 0 aromatic heterocycles. The van der Waals surface area contributed by atoms with E-state index in [4.69, 9.17) is 0 Å². The Kier molecular flexibility index (Phi) is 7.44. The predicted molar refractivity (Wildman–Crippen MR) is 134 cm³/mol. The van der Waals surface area contributed by atoms with E-state index in [0.717, 1.165) is 5.56 Å². The van der Waals surface area contributed by atoms with Gasteiger partial charge in [-0.2, -0.15) is 8.42 Å². The van der Waals surface area contributed by atoms with Gasteiger partial charge >= 0.3 is 0 Å². The Bertz CT molecular complexity index is 1220. The minimum Gasteiger partial charge on any atom is -0.287 e. The number of aryl methyl sites for hydroxylation is 1. The van der Waals surface area contributed by atoms with Crippen LogP contribution in [0.1, 0.15) is 11.1 Å². The molecule has 0 radical (unpaired) electrons. The van der Waals surface area contributed by atoms with Crippen LogP contribution in [0, 0.1) is 6.92 Å². The number of ketones is 1. The quantitative estimate of drug-likeness (QED) is 0.222. The van der Waals surface area contributed by atoms with Crippen LogP contribution in [0.15, 0.2) is 86.8 Å². The Morgan fingerprint density at radius 1 is 0.800 bits per heavy atom. The van der Waals surface area contributed by atoms with Crippen LogP contribution in [0.4, 0.5) is 0 Å². The van der Waals surface area contributed by atoms with Crippen molar-refractivity contribution in [2.45, 2.75) is 11.8 Å².